The molecule has 0 unspecified atom stereocenters. The minimum Gasteiger partial charge on any atom is -0.357 e. The number of amides is 1. The van der Waals surface area contributed by atoms with Gasteiger partial charge in [-0.05, 0) is 74.2 Å². The number of aryl methyl sites for hydroxylation is 3. The highest BCUT2D eigenvalue weighted by Crippen LogP contribution is 2.32. The summed E-state index contributed by atoms with van der Waals surface area (Å²) in [7, 11) is 0. The van der Waals surface area contributed by atoms with Crippen LogP contribution in [0.3, 0.4) is 0 Å². The van der Waals surface area contributed by atoms with Crippen LogP contribution in [0.4, 0.5) is 5.69 Å². The number of thioether (sulfide) groups is 1. The van der Waals surface area contributed by atoms with Gasteiger partial charge in [0.25, 0.3) is 5.91 Å². The first-order valence-corrected chi connectivity index (χ1v) is 11.1. The Labute approximate surface area is 182 Å². The van der Waals surface area contributed by atoms with Gasteiger partial charge in [0, 0.05) is 22.8 Å². The van der Waals surface area contributed by atoms with Crippen molar-refractivity contribution in [1.82, 2.24) is 9.88 Å². The Morgan fingerprint density at radius 1 is 1.10 bits per heavy atom. The number of carbonyl (C=O) groups is 1. The molecule has 2 aromatic carbocycles. The normalized spacial score (nSPS) is 17.4. The maximum absolute atomic E-state index is 12.6. The van der Waals surface area contributed by atoms with Gasteiger partial charge < -0.3 is 15.2 Å². The van der Waals surface area contributed by atoms with Crippen LogP contribution in [0.2, 0.25) is 0 Å². The molecule has 0 spiro atoms. The van der Waals surface area contributed by atoms with Gasteiger partial charge >= 0.3 is 0 Å². The van der Waals surface area contributed by atoms with Crippen LogP contribution in [0.1, 0.15) is 35.0 Å². The van der Waals surface area contributed by atoms with Gasteiger partial charge in [-0.3, -0.25) is 4.79 Å². The molecule has 0 radical (unpaired) electrons. The second-order valence-corrected chi connectivity index (χ2v) is 8.77. The van der Waals surface area contributed by atoms with Crippen LogP contribution in [0, 0.1) is 20.8 Å². The largest absolute Gasteiger partial charge is 0.357 e. The molecule has 154 valence electrons. The Morgan fingerprint density at radius 3 is 2.53 bits per heavy atom. The quantitative estimate of drug-likeness (QED) is 0.534. The summed E-state index contributed by atoms with van der Waals surface area (Å²) in [5.41, 5.74) is 7.90. The number of hydrogen-bond acceptors (Lipinski definition) is 3. The smallest absolute Gasteiger partial charge is 0.260 e. The van der Waals surface area contributed by atoms with Gasteiger partial charge in [-0.25, -0.2) is 0 Å². The number of hydrogen-bond donors (Lipinski definition) is 2. The van der Waals surface area contributed by atoms with E-state index in [-0.39, 0.29) is 11.4 Å². The number of nitrogens with one attached hydrogen (secondary N) is 2. The lowest BCUT2D eigenvalue weighted by Crippen LogP contribution is -2.30. The first-order chi connectivity index (χ1) is 14.5. The molecule has 4 nitrogen and oxygen atoms in total. The standard InChI is InChI=1S/C25H27N3OS/c1-5-19-10-12-21(13-11-19)26-25-27-24(29)23(30-25)15-20-14-17(3)28(18(20)4)22-9-7-6-8-16(22)2/h6-15,25-26H,5H2,1-4H3,(H,27,29)/b23-15-/t25-/m0/s1. The van der Waals surface area contributed by atoms with Gasteiger partial charge in [-0.15, -0.1) is 0 Å². The summed E-state index contributed by atoms with van der Waals surface area (Å²) < 4.78 is 2.25. The van der Waals surface area contributed by atoms with Crippen LogP contribution in [0.5, 0.6) is 0 Å². The molecule has 0 bridgehead atoms. The lowest BCUT2D eigenvalue weighted by Gasteiger charge is -2.13. The SMILES string of the molecule is CCc1ccc(N[C@H]2NC(=O)/C(=C/c3cc(C)n(-c4ccccc4C)c3C)S2)cc1. The summed E-state index contributed by atoms with van der Waals surface area (Å²) in [5, 5.41) is 6.41. The van der Waals surface area contributed by atoms with E-state index in [4.69, 9.17) is 0 Å². The van der Waals surface area contributed by atoms with E-state index in [2.05, 4.69) is 97.5 Å². The second-order valence-electron chi connectivity index (χ2n) is 7.62. The molecule has 5 heteroatoms. The zero-order valence-corrected chi connectivity index (χ0v) is 18.6. The molecule has 0 aliphatic carbocycles. The van der Waals surface area contributed by atoms with Gasteiger partial charge in [0.15, 0.2) is 5.50 Å². The fourth-order valence-electron chi connectivity index (χ4n) is 3.81. The fourth-order valence-corrected chi connectivity index (χ4v) is 4.79. The molecular weight excluding hydrogens is 390 g/mol. The molecule has 2 heterocycles. The summed E-state index contributed by atoms with van der Waals surface area (Å²) >= 11 is 1.52. The van der Waals surface area contributed by atoms with Crippen molar-refractivity contribution in [2.75, 3.05) is 5.32 Å². The Hall–Kier alpha value is -2.92. The highest BCUT2D eigenvalue weighted by atomic mass is 32.2. The first-order valence-electron chi connectivity index (χ1n) is 10.3. The molecule has 3 aromatic rings. The van der Waals surface area contributed by atoms with Crippen molar-refractivity contribution in [2.24, 2.45) is 0 Å². The number of carbonyl (C=O) groups excluding carboxylic acids is 1. The second kappa shape index (κ2) is 8.44. The maximum Gasteiger partial charge on any atom is 0.260 e. The average Bonchev–Trinajstić information content (AvgIpc) is 3.21. The molecule has 4 rings (SSSR count). The predicted molar refractivity (Wildman–Crippen MR) is 127 cm³/mol. The fraction of sp³-hybridized carbons (Fsp3) is 0.240. The highest BCUT2D eigenvalue weighted by Gasteiger charge is 2.27. The zero-order chi connectivity index (χ0) is 21.3. The number of nitrogens with zero attached hydrogens (tertiary/aromatic N) is 1. The summed E-state index contributed by atoms with van der Waals surface area (Å²) in [6.45, 7) is 8.47. The summed E-state index contributed by atoms with van der Waals surface area (Å²) in [5.74, 6) is -0.0385. The Bertz CT molecular complexity index is 1110. The third-order valence-electron chi connectivity index (χ3n) is 5.50. The number of para-hydroxylation sites is 1. The molecule has 1 amide bonds. The minimum absolute atomic E-state index is 0.0385. The van der Waals surface area contributed by atoms with E-state index in [1.165, 1.54) is 28.6 Å². The van der Waals surface area contributed by atoms with Crippen LogP contribution in [-0.4, -0.2) is 16.0 Å². The molecule has 1 saturated heterocycles. The Kier molecular flexibility index (Phi) is 5.73. The first kappa shape index (κ1) is 20.4. The molecule has 30 heavy (non-hydrogen) atoms. The summed E-state index contributed by atoms with van der Waals surface area (Å²) in [4.78, 5) is 13.3. The molecule has 2 N–H and O–H groups in total. The molecule has 1 fully saturated rings. The van der Waals surface area contributed by atoms with Gasteiger partial charge in [-0.1, -0.05) is 49.0 Å². The average molecular weight is 418 g/mol. The monoisotopic (exact) mass is 417 g/mol. The van der Waals surface area contributed by atoms with E-state index >= 15 is 0 Å². The van der Waals surface area contributed by atoms with Crippen molar-refractivity contribution in [1.29, 1.82) is 0 Å². The van der Waals surface area contributed by atoms with Crippen molar-refractivity contribution in [3.8, 4) is 5.69 Å². The predicted octanol–water partition coefficient (Wildman–Crippen LogP) is 5.56. The highest BCUT2D eigenvalue weighted by molar-refractivity contribution is 8.05. The third kappa shape index (κ3) is 4.03. The van der Waals surface area contributed by atoms with Crippen LogP contribution >= 0.6 is 11.8 Å². The van der Waals surface area contributed by atoms with E-state index in [1.54, 1.807) is 0 Å². The Morgan fingerprint density at radius 2 is 1.83 bits per heavy atom. The summed E-state index contributed by atoms with van der Waals surface area (Å²) in [6, 6.07) is 18.9. The molecule has 1 aliphatic heterocycles. The van der Waals surface area contributed by atoms with Gasteiger partial charge in [0.1, 0.15) is 0 Å². The van der Waals surface area contributed by atoms with Crippen LogP contribution in [-0.2, 0) is 11.2 Å². The molecule has 1 aliphatic rings. The minimum atomic E-state index is -0.170. The number of benzene rings is 2. The van der Waals surface area contributed by atoms with E-state index in [9.17, 15) is 4.79 Å². The number of aromatic nitrogens is 1. The number of rotatable bonds is 5. The van der Waals surface area contributed by atoms with Gasteiger partial charge in [0.05, 0.1) is 4.91 Å². The van der Waals surface area contributed by atoms with E-state index in [0.717, 1.165) is 34.0 Å². The van der Waals surface area contributed by atoms with Crippen LogP contribution in [0.15, 0.2) is 59.5 Å². The number of anilines is 1. The molecule has 1 atom stereocenters. The van der Waals surface area contributed by atoms with Crippen molar-refractivity contribution in [3.05, 3.63) is 87.6 Å². The van der Waals surface area contributed by atoms with E-state index < -0.39 is 0 Å². The van der Waals surface area contributed by atoms with Crippen LogP contribution in [0.25, 0.3) is 11.8 Å². The van der Waals surface area contributed by atoms with Gasteiger partial charge in [-0.2, -0.15) is 0 Å². The third-order valence-corrected chi connectivity index (χ3v) is 6.53. The molecular formula is C25H27N3OS. The summed E-state index contributed by atoms with van der Waals surface area (Å²) in [6.07, 6.45) is 3.02. The Balaban J connectivity index is 1.56. The topological polar surface area (TPSA) is 46.1 Å². The van der Waals surface area contributed by atoms with E-state index in [1.807, 2.05) is 6.08 Å². The van der Waals surface area contributed by atoms with Crippen molar-refractivity contribution in [2.45, 2.75) is 39.6 Å². The zero-order valence-electron chi connectivity index (χ0n) is 17.8. The maximum atomic E-state index is 12.6. The van der Waals surface area contributed by atoms with Crippen molar-refractivity contribution < 1.29 is 4.79 Å². The van der Waals surface area contributed by atoms with E-state index in [0.29, 0.717) is 0 Å². The lowest BCUT2D eigenvalue weighted by atomic mass is 10.1. The van der Waals surface area contributed by atoms with Gasteiger partial charge in [0.2, 0.25) is 0 Å². The van der Waals surface area contributed by atoms with Crippen molar-refractivity contribution >= 4 is 29.4 Å². The van der Waals surface area contributed by atoms with Crippen molar-refractivity contribution in [3.63, 3.8) is 0 Å². The van der Waals surface area contributed by atoms with Crippen LogP contribution < -0.4 is 10.6 Å². The lowest BCUT2D eigenvalue weighted by molar-refractivity contribution is -0.116. The molecule has 0 saturated carbocycles. The molecule has 1 aromatic heterocycles.